The van der Waals surface area contributed by atoms with Gasteiger partial charge in [0.2, 0.25) is 0 Å². The molecule has 1 fully saturated rings. The molecule has 1 aliphatic rings. The van der Waals surface area contributed by atoms with Gasteiger partial charge in [-0.15, -0.1) is 0 Å². The molecular weight excluding hydrogens is 245 g/mol. The predicted molar refractivity (Wildman–Crippen MR) is 72.8 cm³/mol. The first-order valence-corrected chi connectivity index (χ1v) is 6.96. The fourth-order valence-corrected chi connectivity index (χ4v) is 2.50. The smallest absolute Gasteiger partial charge is 0.165 e. The Labute approximate surface area is 114 Å². The highest BCUT2D eigenvalue weighted by Gasteiger charge is 2.21. The van der Waals surface area contributed by atoms with Crippen molar-refractivity contribution >= 4 is 0 Å². The molecule has 0 amide bonds. The number of piperidine rings is 1. The summed E-state index contributed by atoms with van der Waals surface area (Å²) in [5, 5.41) is 9.98. The van der Waals surface area contributed by atoms with Crippen LogP contribution in [0.1, 0.15) is 26.2 Å². The number of aliphatic hydroxyl groups excluding tert-OH is 1. The Morgan fingerprint density at radius 3 is 2.95 bits per heavy atom. The van der Waals surface area contributed by atoms with Crippen LogP contribution in [0.4, 0.5) is 4.39 Å². The average molecular weight is 267 g/mol. The van der Waals surface area contributed by atoms with Gasteiger partial charge in [0.1, 0.15) is 12.7 Å². The molecule has 0 saturated carbocycles. The van der Waals surface area contributed by atoms with E-state index in [1.54, 1.807) is 18.2 Å². The van der Waals surface area contributed by atoms with Crippen molar-refractivity contribution < 1.29 is 14.2 Å². The fraction of sp³-hybridized carbons (Fsp3) is 0.600. The van der Waals surface area contributed by atoms with E-state index in [0.717, 1.165) is 6.54 Å². The fourth-order valence-electron chi connectivity index (χ4n) is 2.50. The molecule has 1 aromatic rings. The number of hydrogen-bond donors (Lipinski definition) is 1. The van der Waals surface area contributed by atoms with E-state index in [-0.39, 0.29) is 18.2 Å². The molecule has 106 valence electrons. The number of nitrogens with zero attached hydrogens (tertiary/aromatic N) is 1. The van der Waals surface area contributed by atoms with E-state index in [2.05, 4.69) is 11.8 Å². The molecule has 1 aromatic carbocycles. The average Bonchev–Trinajstić information content (AvgIpc) is 2.40. The number of likely N-dealkylation sites (tertiary alicyclic amines) is 1. The second-order valence-electron chi connectivity index (χ2n) is 5.23. The zero-order chi connectivity index (χ0) is 13.7. The van der Waals surface area contributed by atoms with E-state index in [1.165, 1.54) is 25.3 Å². The number of benzene rings is 1. The first-order valence-electron chi connectivity index (χ1n) is 6.96. The van der Waals surface area contributed by atoms with E-state index in [0.29, 0.717) is 12.6 Å². The highest BCUT2D eigenvalue weighted by atomic mass is 19.1. The molecule has 0 bridgehead atoms. The lowest BCUT2D eigenvalue weighted by Gasteiger charge is -2.34. The van der Waals surface area contributed by atoms with Crippen LogP contribution in [0.15, 0.2) is 24.3 Å². The maximum Gasteiger partial charge on any atom is 0.165 e. The number of para-hydroxylation sites is 1. The summed E-state index contributed by atoms with van der Waals surface area (Å²) in [6.45, 7) is 3.93. The number of halogens is 1. The zero-order valence-corrected chi connectivity index (χ0v) is 11.4. The molecule has 19 heavy (non-hydrogen) atoms. The summed E-state index contributed by atoms with van der Waals surface area (Å²) >= 11 is 0. The molecule has 1 saturated heterocycles. The molecule has 4 heteroatoms. The minimum Gasteiger partial charge on any atom is -0.488 e. The van der Waals surface area contributed by atoms with Crippen LogP contribution < -0.4 is 4.74 Å². The largest absolute Gasteiger partial charge is 0.488 e. The van der Waals surface area contributed by atoms with Crippen LogP contribution in [-0.4, -0.2) is 41.8 Å². The van der Waals surface area contributed by atoms with Gasteiger partial charge in [0.05, 0.1) is 0 Å². The van der Waals surface area contributed by atoms with Gasteiger partial charge in [-0.1, -0.05) is 18.6 Å². The third-order valence-electron chi connectivity index (χ3n) is 3.65. The number of hydrogen-bond acceptors (Lipinski definition) is 3. The number of β-amino-alcohol motifs (C(OH)–C–C–N with tert-alkyl or cyclic N) is 1. The van der Waals surface area contributed by atoms with Gasteiger partial charge in [-0.3, -0.25) is 4.90 Å². The molecule has 1 aliphatic heterocycles. The summed E-state index contributed by atoms with van der Waals surface area (Å²) in [7, 11) is 0. The molecule has 0 aliphatic carbocycles. The predicted octanol–water partition coefficient (Wildman–Crippen LogP) is 2.44. The number of ether oxygens (including phenoxy) is 1. The Bertz CT molecular complexity index is 399. The standard InChI is InChI=1S/C15H22FNO2/c1-12-6-4-5-9-17(12)10-13(18)11-19-15-8-3-2-7-14(15)16/h2-3,7-8,12-13,18H,4-6,9-11H2,1H3/t12-,13-/m1/s1. The van der Waals surface area contributed by atoms with Crippen LogP contribution >= 0.6 is 0 Å². The minimum absolute atomic E-state index is 0.129. The Morgan fingerprint density at radius 2 is 2.21 bits per heavy atom. The molecule has 0 radical (unpaired) electrons. The van der Waals surface area contributed by atoms with Crippen molar-refractivity contribution in [1.29, 1.82) is 0 Å². The SMILES string of the molecule is C[C@@H]1CCCCN1C[C@@H](O)COc1ccccc1F. The Balaban J connectivity index is 1.78. The van der Waals surface area contributed by atoms with Crippen molar-refractivity contribution in [2.24, 2.45) is 0 Å². The van der Waals surface area contributed by atoms with Crippen LogP contribution in [0.2, 0.25) is 0 Å². The van der Waals surface area contributed by atoms with Gasteiger partial charge in [0.15, 0.2) is 11.6 Å². The Morgan fingerprint density at radius 1 is 1.42 bits per heavy atom. The molecular formula is C15H22FNO2. The molecule has 0 spiro atoms. The summed E-state index contributed by atoms with van der Waals surface area (Å²) in [5.41, 5.74) is 0. The van der Waals surface area contributed by atoms with Gasteiger partial charge in [0.25, 0.3) is 0 Å². The van der Waals surface area contributed by atoms with E-state index >= 15 is 0 Å². The maximum absolute atomic E-state index is 13.3. The molecule has 2 rings (SSSR count). The third-order valence-corrected chi connectivity index (χ3v) is 3.65. The summed E-state index contributed by atoms with van der Waals surface area (Å²) < 4.78 is 18.7. The van der Waals surface area contributed by atoms with Crippen molar-refractivity contribution in [3.8, 4) is 5.75 Å². The molecule has 3 nitrogen and oxygen atoms in total. The highest BCUT2D eigenvalue weighted by Crippen LogP contribution is 2.18. The van der Waals surface area contributed by atoms with Crippen LogP contribution in [0, 0.1) is 5.82 Å². The first-order chi connectivity index (χ1) is 9.16. The van der Waals surface area contributed by atoms with Crippen molar-refractivity contribution in [2.75, 3.05) is 19.7 Å². The quantitative estimate of drug-likeness (QED) is 0.889. The minimum atomic E-state index is -0.583. The first kappa shape index (κ1) is 14.3. The number of aliphatic hydroxyl groups is 1. The molecule has 1 heterocycles. The van der Waals surface area contributed by atoms with Crippen LogP contribution in [0.5, 0.6) is 5.75 Å². The maximum atomic E-state index is 13.3. The van der Waals surface area contributed by atoms with E-state index in [4.69, 9.17) is 4.74 Å². The second kappa shape index (κ2) is 6.87. The Kier molecular flexibility index (Phi) is 5.16. The normalized spacial score (nSPS) is 22.2. The summed E-state index contributed by atoms with van der Waals surface area (Å²) in [5.74, 6) is -0.186. The van der Waals surface area contributed by atoms with E-state index in [1.807, 2.05) is 0 Å². The summed E-state index contributed by atoms with van der Waals surface area (Å²) in [6, 6.07) is 6.78. The van der Waals surface area contributed by atoms with Crippen molar-refractivity contribution in [3.63, 3.8) is 0 Å². The Hall–Kier alpha value is -1.13. The van der Waals surface area contributed by atoms with Gasteiger partial charge in [0, 0.05) is 12.6 Å². The lowest BCUT2D eigenvalue weighted by molar-refractivity contribution is 0.0428. The summed E-state index contributed by atoms with van der Waals surface area (Å²) in [6.07, 6.45) is 3.05. The molecule has 2 atom stereocenters. The monoisotopic (exact) mass is 267 g/mol. The van der Waals surface area contributed by atoms with Crippen LogP contribution in [-0.2, 0) is 0 Å². The van der Waals surface area contributed by atoms with Gasteiger partial charge in [-0.05, 0) is 38.4 Å². The number of rotatable bonds is 5. The van der Waals surface area contributed by atoms with Crippen molar-refractivity contribution in [1.82, 2.24) is 4.90 Å². The van der Waals surface area contributed by atoms with Crippen LogP contribution in [0.25, 0.3) is 0 Å². The van der Waals surface area contributed by atoms with Crippen molar-refractivity contribution in [3.05, 3.63) is 30.1 Å². The van der Waals surface area contributed by atoms with Gasteiger partial charge >= 0.3 is 0 Å². The lowest BCUT2D eigenvalue weighted by atomic mass is 10.0. The van der Waals surface area contributed by atoms with Gasteiger partial charge < -0.3 is 9.84 Å². The second-order valence-corrected chi connectivity index (χ2v) is 5.23. The van der Waals surface area contributed by atoms with Crippen molar-refractivity contribution in [2.45, 2.75) is 38.3 Å². The molecule has 0 aromatic heterocycles. The topological polar surface area (TPSA) is 32.7 Å². The van der Waals surface area contributed by atoms with E-state index in [9.17, 15) is 9.50 Å². The third kappa shape index (κ3) is 4.18. The van der Waals surface area contributed by atoms with E-state index < -0.39 is 6.10 Å². The van der Waals surface area contributed by atoms with Gasteiger partial charge in [-0.2, -0.15) is 0 Å². The zero-order valence-electron chi connectivity index (χ0n) is 11.4. The highest BCUT2D eigenvalue weighted by molar-refractivity contribution is 5.23. The molecule has 1 N–H and O–H groups in total. The van der Waals surface area contributed by atoms with Gasteiger partial charge in [-0.25, -0.2) is 4.39 Å². The lowest BCUT2D eigenvalue weighted by Crippen LogP contribution is -2.43. The molecule has 0 unspecified atom stereocenters. The summed E-state index contributed by atoms with van der Waals surface area (Å²) in [4.78, 5) is 2.28. The van der Waals surface area contributed by atoms with Crippen LogP contribution in [0.3, 0.4) is 0 Å².